The predicted molar refractivity (Wildman–Crippen MR) is 71.7 cm³/mol. The van der Waals surface area contributed by atoms with Crippen LogP contribution in [0.5, 0.6) is 0 Å². The van der Waals surface area contributed by atoms with Crippen LogP contribution in [0.1, 0.15) is 41.0 Å². The van der Waals surface area contributed by atoms with E-state index in [1.54, 1.807) is 0 Å². The summed E-state index contributed by atoms with van der Waals surface area (Å²) in [5.41, 5.74) is 5.48. The monoisotopic (exact) mass is 236 g/mol. The van der Waals surface area contributed by atoms with Crippen LogP contribution in [0.2, 0.25) is 0 Å². The molecule has 0 aliphatic heterocycles. The molecule has 2 bridgehead atoms. The van der Waals surface area contributed by atoms with Gasteiger partial charge in [-0.15, -0.1) is 0 Å². The third kappa shape index (κ3) is 1.10. The first-order chi connectivity index (χ1) is 8.79. The average Bonchev–Trinajstić information content (AvgIpc) is 2.42. The summed E-state index contributed by atoms with van der Waals surface area (Å²) in [6.07, 6.45) is -0.250. The fraction of sp³-hybridized carbons (Fsp3) is 0.294. The molecule has 3 aliphatic carbocycles. The van der Waals surface area contributed by atoms with E-state index in [9.17, 15) is 5.11 Å². The number of rotatable bonds is 0. The molecule has 0 spiro atoms. The highest BCUT2D eigenvalue weighted by atomic mass is 16.3. The Morgan fingerprint density at radius 2 is 1.11 bits per heavy atom. The summed E-state index contributed by atoms with van der Waals surface area (Å²) in [6, 6.07) is 17.2. The number of benzene rings is 2. The Hall–Kier alpha value is -1.60. The van der Waals surface area contributed by atoms with Crippen LogP contribution < -0.4 is 0 Å². The summed E-state index contributed by atoms with van der Waals surface area (Å²) in [7, 11) is 0. The first kappa shape index (κ1) is 10.3. The molecule has 2 aromatic carbocycles. The van der Waals surface area contributed by atoms with Gasteiger partial charge < -0.3 is 5.11 Å². The first-order valence-corrected chi connectivity index (χ1v) is 6.64. The Balaban J connectivity index is 2.06. The van der Waals surface area contributed by atoms with Gasteiger partial charge in [0, 0.05) is 11.8 Å². The van der Waals surface area contributed by atoms with E-state index >= 15 is 0 Å². The molecule has 0 saturated carbocycles. The van der Waals surface area contributed by atoms with Crippen LogP contribution in [0.4, 0.5) is 0 Å². The summed E-state index contributed by atoms with van der Waals surface area (Å²) in [6.45, 7) is 2.17. The van der Waals surface area contributed by atoms with Crippen LogP contribution in [0.15, 0.2) is 48.5 Å². The molecule has 90 valence electrons. The lowest BCUT2D eigenvalue weighted by Gasteiger charge is -2.47. The molecule has 3 aliphatic rings. The van der Waals surface area contributed by atoms with Gasteiger partial charge in [-0.1, -0.05) is 55.5 Å². The quantitative estimate of drug-likeness (QED) is 0.744. The lowest BCUT2D eigenvalue weighted by Crippen LogP contribution is -2.42. The molecule has 1 heteroatoms. The van der Waals surface area contributed by atoms with Crippen molar-refractivity contribution in [2.45, 2.75) is 24.9 Å². The third-order valence-electron chi connectivity index (χ3n) is 4.74. The maximum Gasteiger partial charge on any atom is 0.0684 e. The van der Waals surface area contributed by atoms with Crippen LogP contribution in [0.25, 0.3) is 0 Å². The van der Waals surface area contributed by atoms with Crippen molar-refractivity contribution in [3.05, 3.63) is 70.8 Å². The van der Waals surface area contributed by atoms with Gasteiger partial charge in [0.05, 0.1) is 6.10 Å². The minimum Gasteiger partial charge on any atom is -0.392 e. The topological polar surface area (TPSA) is 20.2 Å². The standard InChI is InChI=1S/C17H16O/c1-10-15-11-6-2-4-8-13(11)16(17(10)18)14-9-5-3-7-12(14)15/h2-10,15-18H,1H3/t10-,15?,16?,17-/m1/s1. The van der Waals surface area contributed by atoms with E-state index in [1.165, 1.54) is 22.3 Å². The van der Waals surface area contributed by atoms with Crippen molar-refractivity contribution in [1.29, 1.82) is 0 Å². The van der Waals surface area contributed by atoms with Crippen LogP contribution in [-0.4, -0.2) is 11.2 Å². The van der Waals surface area contributed by atoms with Crippen molar-refractivity contribution in [2.75, 3.05) is 0 Å². The maximum absolute atomic E-state index is 10.6. The van der Waals surface area contributed by atoms with E-state index in [0.29, 0.717) is 11.8 Å². The Labute approximate surface area is 107 Å². The highest BCUT2D eigenvalue weighted by Gasteiger charge is 2.46. The summed E-state index contributed by atoms with van der Waals surface area (Å²) in [5, 5.41) is 10.6. The molecule has 1 N–H and O–H groups in total. The molecule has 0 saturated heterocycles. The lowest BCUT2D eigenvalue weighted by molar-refractivity contribution is 0.0722. The number of hydrogen-bond acceptors (Lipinski definition) is 1. The normalized spacial score (nSPS) is 31.9. The Kier molecular flexibility index (Phi) is 1.98. The molecule has 2 aromatic rings. The third-order valence-corrected chi connectivity index (χ3v) is 4.74. The summed E-state index contributed by atoms with van der Waals surface area (Å²) >= 11 is 0. The highest BCUT2D eigenvalue weighted by molar-refractivity contribution is 5.56. The van der Waals surface area contributed by atoms with Crippen molar-refractivity contribution < 1.29 is 5.11 Å². The van der Waals surface area contributed by atoms with Crippen molar-refractivity contribution in [3.8, 4) is 0 Å². The predicted octanol–water partition coefficient (Wildman–Crippen LogP) is 3.27. The van der Waals surface area contributed by atoms with E-state index in [1.807, 2.05) is 0 Å². The Bertz CT molecular complexity index is 515. The molecule has 18 heavy (non-hydrogen) atoms. The van der Waals surface area contributed by atoms with Gasteiger partial charge in [-0.05, 0) is 28.2 Å². The van der Waals surface area contributed by atoms with Crippen molar-refractivity contribution in [2.24, 2.45) is 5.92 Å². The van der Waals surface area contributed by atoms with Gasteiger partial charge in [0.1, 0.15) is 0 Å². The lowest BCUT2D eigenvalue weighted by atomic mass is 9.58. The Morgan fingerprint density at radius 3 is 1.56 bits per heavy atom. The maximum atomic E-state index is 10.6. The van der Waals surface area contributed by atoms with Crippen molar-refractivity contribution in [1.82, 2.24) is 0 Å². The van der Waals surface area contributed by atoms with Crippen molar-refractivity contribution >= 4 is 0 Å². The minimum atomic E-state index is -0.250. The molecule has 0 radical (unpaired) electrons. The largest absolute Gasteiger partial charge is 0.392 e. The molecule has 1 nitrogen and oxygen atoms in total. The van der Waals surface area contributed by atoms with Gasteiger partial charge in [0.15, 0.2) is 0 Å². The van der Waals surface area contributed by atoms with Gasteiger partial charge in [0.25, 0.3) is 0 Å². The zero-order chi connectivity index (χ0) is 12.3. The van der Waals surface area contributed by atoms with Gasteiger partial charge >= 0.3 is 0 Å². The van der Waals surface area contributed by atoms with E-state index in [-0.39, 0.29) is 12.0 Å². The number of hydrogen-bond donors (Lipinski definition) is 1. The van der Waals surface area contributed by atoms with Gasteiger partial charge in [0.2, 0.25) is 0 Å². The average molecular weight is 236 g/mol. The number of aliphatic hydroxyl groups excluding tert-OH is 1. The smallest absolute Gasteiger partial charge is 0.0684 e. The molecule has 5 rings (SSSR count). The van der Waals surface area contributed by atoms with Crippen molar-refractivity contribution in [3.63, 3.8) is 0 Å². The molecule has 0 fully saturated rings. The second-order valence-electron chi connectivity index (χ2n) is 5.56. The minimum absolute atomic E-state index is 0.164. The first-order valence-electron chi connectivity index (χ1n) is 6.64. The number of aliphatic hydroxyl groups is 1. The zero-order valence-electron chi connectivity index (χ0n) is 10.4. The summed E-state index contributed by atoms with van der Waals surface area (Å²) in [5.74, 6) is 0.828. The molecule has 0 amide bonds. The fourth-order valence-electron chi connectivity index (χ4n) is 3.92. The van der Waals surface area contributed by atoms with E-state index in [2.05, 4.69) is 55.5 Å². The highest BCUT2D eigenvalue weighted by Crippen LogP contribution is 2.54. The van der Waals surface area contributed by atoms with Gasteiger partial charge in [-0.25, -0.2) is 0 Å². The van der Waals surface area contributed by atoms with E-state index in [0.717, 1.165) is 0 Å². The Morgan fingerprint density at radius 1 is 0.722 bits per heavy atom. The zero-order valence-corrected chi connectivity index (χ0v) is 10.4. The number of fused-ring (bicyclic) bond motifs is 1. The molecule has 2 atom stereocenters. The van der Waals surface area contributed by atoms with Gasteiger partial charge in [-0.3, -0.25) is 0 Å². The van der Waals surface area contributed by atoms with Crippen LogP contribution >= 0.6 is 0 Å². The fourth-order valence-corrected chi connectivity index (χ4v) is 3.92. The van der Waals surface area contributed by atoms with Gasteiger partial charge in [-0.2, -0.15) is 0 Å². The molecule has 0 aromatic heterocycles. The summed E-state index contributed by atoms with van der Waals surface area (Å²) < 4.78 is 0. The molecular formula is C17H16O. The summed E-state index contributed by atoms with van der Waals surface area (Å²) in [4.78, 5) is 0. The molecular weight excluding hydrogens is 220 g/mol. The van der Waals surface area contributed by atoms with E-state index in [4.69, 9.17) is 0 Å². The second kappa shape index (κ2) is 3.46. The SMILES string of the molecule is C[C@@H]1C2c3ccccc3C(c3ccccc32)[C@@H]1O. The van der Waals surface area contributed by atoms with E-state index < -0.39 is 0 Å². The second-order valence-corrected chi connectivity index (χ2v) is 5.56. The van der Waals surface area contributed by atoms with Crippen LogP contribution in [0.3, 0.4) is 0 Å². The molecule has 0 heterocycles. The van der Waals surface area contributed by atoms with Crippen LogP contribution in [-0.2, 0) is 0 Å². The molecule has 0 unspecified atom stereocenters. The van der Waals surface area contributed by atoms with Crippen LogP contribution in [0, 0.1) is 5.92 Å².